The van der Waals surface area contributed by atoms with E-state index in [1.54, 1.807) is 0 Å². The van der Waals surface area contributed by atoms with Gasteiger partial charge in [0.15, 0.2) is 0 Å². The van der Waals surface area contributed by atoms with Crippen molar-refractivity contribution in [2.45, 2.75) is 20.1 Å². The van der Waals surface area contributed by atoms with Crippen molar-refractivity contribution in [1.29, 1.82) is 0 Å². The highest BCUT2D eigenvalue weighted by Crippen LogP contribution is 2.18. The molecule has 2 rings (SSSR count). The van der Waals surface area contributed by atoms with E-state index in [2.05, 4.69) is 4.98 Å². The molecular formula is C14H15NO2. The molecule has 0 spiro atoms. The van der Waals surface area contributed by atoms with Crippen molar-refractivity contribution in [3.8, 4) is 5.75 Å². The molecule has 0 atom stereocenters. The van der Waals surface area contributed by atoms with Crippen molar-refractivity contribution in [1.82, 2.24) is 4.98 Å². The van der Waals surface area contributed by atoms with Gasteiger partial charge in [0.25, 0.3) is 0 Å². The van der Waals surface area contributed by atoms with Gasteiger partial charge in [-0.3, -0.25) is 4.98 Å². The average molecular weight is 229 g/mol. The zero-order valence-electron chi connectivity index (χ0n) is 9.76. The zero-order chi connectivity index (χ0) is 12.1. The summed E-state index contributed by atoms with van der Waals surface area (Å²) in [6.45, 7) is 2.27. The fourth-order valence-corrected chi connectivity index (χ4v) is 1.58. The maximum absolute atomic E-state index is 9.20. The van der Waals surface area contributed by atoms with E-state index in [0.29, 0.717) is 18.1 Å². The largest absolute Gasteiger partial charge is 0.487 e. The predicted molar refractivity (Wildman–Crippen MR) is 65.7 cm³/mol. The van der Waals surface area contributed by atoms with Gasteiger partial charge >= 0.3 is 0 Å². The molecule has 0 aliphatic rings. The van der Waals surface area contributed by atoms with Gasteiger partial charge in [-0.25, -0.2) is 0 Å². The number of ether oxygens (including phenoxy) is 1. The van der Waals surface area contributed by atoms with Gasteiger partial charge in [-0.2, -0.15) is 0 Å². The van der Waals surface area contributed by atoms with E-state index < -0.39 is 0 Å². The highest BCUT2D eigenvalue weighted by molar-refractivity contribution is 5.29. The summed E-state index contributed by atoms with van der Waals surface area (Å²) in [6.07, 6.45) is 0. The molecule has 3 nitrogen and oxygen atoms in total. The highest BCUT2D eigenvalue weighted by atomic mass is 16.5. The summed E-state index contributed by atoms with van der Waals surface area (Å²) in [7, 11) is 0. The Morgan fingerprint density at radius 3 is 2.59 bits per heavy atom. The minimum absolute atomic E-state index is 0.105. The molecular weight excluding hydrogens is 214 g/mol. The third-order valence-electron chi connectivity index (χ3n) is 2.46. The van der Waals surface area contributed by atoms with Crippen LogP contribution in [0.3, 0.4) is 0 Å². The molecule has 0 aliphatic heterocycles. The minimum Gasteiger partial charge on any atom is -0.487 e. The van der Waals surface area contributed by atoms with Crippen LogP contribution in [0.4, 0.5) is 0 Å². The van der Waals surface area contributed by atoms with Crippen molar-refractivity contribution in [2.75, 3.05) is 0 Å². The van der Waals surface area contributed by atoms with Crippen molar-refractivity contribution in [3.05, 3.63) is 59.4 Å². The summed E-state index contributed by atoms with van der Waals surface area (Å²) < 4.78 is 5.65. The topological polar surface area (TPSA) is 42.4 Å². The van der Waals surface area contributed by atoms with Crippen molar-refractivity contribution >= 4 is 0 Å². The van der Waals surface area contributed by atoms with Gasteiger partial charge in [0, 0.05) is 5.69 Å². The normalized spacial score (nSPS) is 10.2. The number of hydrogen-bond acceptors (Lipinski definition) is 3. The maximum atomic E-state index is 9.20. The van der Waals surface area contributed by atoms with Crippen LogP contribution in [0.15, 0.2) is 42.5 Å². The Morgan fingerprint density at radius 1 is 1.12 bits per heavy atom. The zero-order valence-corrected chi connectivity index (χ0v) is 9.76. The van der Waals surface area contributed by atoms with Crippen LogP contribution in [0, 0.1) is 6.92 Å². The van der Waals surface area contributed by atoms with Gasteiger partial charge in [0.2, 0.25) is 0 Å². The van der Waals surface area contributed by atoms with Gasteiger partial charge in [-0.05, 0) is 24.6 Å². The van der Waals surface area contributed by atoms with Gasteiger partial charge in [-0.1, -0.05) is 30.3 Å². The van der Waals surface area contributed by atoms with Crippen molar-refractivity contribution in [3.63, 3.8) is 0 Å². The van der Waals surface area contributed by atoms with E-state index >= 15 is 0 Å². The van der Waals surface area contributed by atoms with Gasteiger partial charge < -0.3 is 9.84 Å². The van der Waals surface area contributed by atoms with E-state index in [9.17, 15) is 5.11 Å². The summed E-state index contributed by atoms with van der Waals surface area (Å²) >= 11 is 0. The van der Waals surface area contributed by atoms with E-state index in [4.69, 9.17) is 4.74 Å². The predicted octanol–water partition coefficient (Wildman–Crippen LogP) is 2.46. The third kappa shape index (κ3) is 3.04. The second-order valence-electron chi connectivity index (χ2n) is 3.83. The fourth-order valence-electron chi connectivity index (χ4n) is 1.58. The maximum Gasteiger partial charge on any atom is 0.143 e. The lowest BCUT2D eigenvalue weighted by atomic mass is 10.2. The molecule has 2 aromatic rings. The molecule has 17 heavy (non-hydrogen) atoms. The Morgan fingerprint density at radius 2 is 1.88 bits per heavy atom. The standard InChI is InChI=1S/C14H15NO2/c1-11-7-8-14(13(9-16)15-11)17-10-12-5-3-2-4-6-12/h2-8,16H,9-10H2,1H3. The molecule has 1 N–H and O–H groups in total. The molecule has 1 aromatic carbocycles. The SMILES string of the molecule is Cc1ccc(OCc2ccccc2)c(CO)n1. The quantitative estimate of drug-likeness (QED) is 0.875. The van der Waals surface area contributed by atoms with Crippen LogP contribution in [0.1, 0.15) is 17.0 Å². The van der Waals surface area contributed by atoms with Gasteiger partial charge in [0.1, 0.15) is 18.1 Å². The molecule has 0 bridgehead atoms. The first kappa shape index (κ1) is 11.6. The van der Waals surface area contributed by atoms with Crippen LogP contribution in [0.2, 0.25) is 0 Å². The minimum atomic E-state index is -0.105. The smallest absolute Gasteiger partial charge is 0.143 e. The molecule has 1 aromatic heterocycles. The van der Waals surface area contributed by atoms with Crippen LogP contribution in [0.5, 0.6) is 5.75 Å². The Labute approximate surface area is 101 Å². The number of aliphatic hydroxyl groups is 1. The van der Waals surface area contributed by atoms with E-state index in [-0.39, 0.29) is 6.61 Å². The monoisotopic (exact) mass is 229 g/mol. The number of hydrogen-bond donors (Lipinski definition) is 1. The van der Waals surface area contributed by atoms with Crippen LogP contribution >= 0.6 is 0 Å². The Hall–Kier alpha value is -1.87. The molecule has 88 valence electrons. The molecule has 0 amide bonds. The Bertz CT molecular complexity index is 483. The number of benzene rings is 1. The van der Waals surface area contributed by atoms with E-state index in [0.717, 1.165) is 11.3 Å². The lowest BCUT2D eigenvalue weighted by molar-refractivity contribution is 0.253. The van der Waals surface area contributed by atoms with E-state index in [1.807, 2.05) is 49.4 Å². The fraction of sp³-hybridized carbons (Fsp3) is 0.214. The summed E-state index contributed by atoms with van der Waals surface area (Å²) in [6, 6.07) is 13.6. The van der Waals surface area contributed by atoms with Crippen LogP contribution in [-0.2, 0) is 13.2 Å². The van der Waals surface area contributed by atoms with Crippen LogP contribution < -0.4 is 4.74 Å². The first-order valence-electron chi connectivity index (χ1n) is 5.53. The second-order valence-corrected chi connectivity index (χ2v) is 3.83. The third-order valence-corrected chi connectivity index (χ3v) is 2.46. The molecule has 0 saturated heterocycles. The number of aromatic nitrogens is 1. The lowest BCUT2D eigenvalue weighted by Gasteiger charge is -2.10. The summed E-state index contributed by atoms with van der Waals surface area (Å²) in [5.41, 5.74) is 2.55. The van der Waals surface area contributed by atoms with Crippen molar-refractivity contribution in [2.24, 2.45) is 0 Å². The molecule has 0 aliphatic carbocycles. The number of rotatable bonds is 4. The molecule has 0 saturated carbocycles. The highest BCUT2D eigenvalue weighted by Gasteiger charge is 2.04. The first-order chi connectivity index (χ1) is 8.29. The van der Waals surface area contributed by atoms with Gasteiger partial charge in [0.05, 0.1) is 6.61 Å². The summed E-state index contributed by atoms with van der Waals surface area (Å²) in [5.74, 6) is 0.641. The van der Waals surface area contributed by atoms with Gasteiger partial charge in [-0.15, -0.1) is 0 Å². The number of pyridine rings is 1. The first-order valence-corrected chi connectivity index (χ1v) is 5.53. The molecule has 3 heteroatoms. The Balaban J connectivity index is 2.09. The average Bonchev–Trinajstić information content (AvgIpc) is 2.38. The Kier molecular flexibility index (Phi) is 3.73. The van der Waals surface area contributed by atoms with Crippen LogP contribution in [0.25, 0.3) is 0 Å². The summed E-state index contributed by atoms with van der Waals surface area (Å²) in [5, 5.41) is 9.20. The summed E-state index contributed by atoms with van der Waals surface area (Å²) in [4.78, 5) is 4.23. The molecule has 1 heterocycles. The number of aryl methyl sites for hydroxylation is 1. The van der Waals surface area contributed by atoms with Crippen LogP contribution in [-0.4, -0.2) is 10.1 Å². The second kappa shape index (κ2) is 5.46. The van der Waals surface area contributed by atoms with Crippen molar-refractivity contribution < 1.29 is 9.84 Å². The lowest BCUT2D eigenvalue weighted by Crippen LogP contribution is -2.01. The molecule has 0 fully saturated rings. The molecule has 0 radical (unpaired) electrons. The molecule has 0 unspecified atom stereocenters. The number of nitrogens with zero attached hydrogens (tertiary/aromatic N) is 1. The number of aliphatic hydroxyl groups excluding tert-OH is 1. The van der Waals surface area contributed by atoms with E-state index in [1.165, 1.54) is 0 Å².